The summed E-state index contributed by atoms with van der Waals surface area (Å²) in [5.74, 6) is -7.21. The summed E-state index contributed by atoms with van der Waals surface area (Å²) in [4.78, 5) is 66.3. The van der Waals surface area contributed by atoms with E-state index in [4.69, 9.17) is 28.4 Å². The molecule has 3 aromatic carbocycles. The van der Waals surface area contributed by atoms with Crippen LogP contribution in [0, 0.1) is 0 Å². The SMILES string of the molecule is O=C(/C=C/c1ccc(O)cc1)OC[C@H]1O[C@@H](O[C@H]2[C@H](Oc3cc4c(cc3O)C[C@@H](C(=O)O)N4/C=C/C3=CC(C(=O)O)=N[C@H](C(=O)O)C3)O[C@H](COC(=O)/C=C/c3ccc(O)cc3)[C@@H](O)[C@@H]2O)[C@H](O)[C@@H](O)[C@@H]1O. The minimum atomic E-state index is -2.09. The number of dihydropyridines is 1. The first-order valence-corrected chi connectivity index (χ1v) is 21.9. The highest BCUT2D eigenvalue weighted by atomic mass is 16.8. The van der Waals surface area contributed by atoms with E-state index in [1.165, 1.54) is 83.9 Å². The Bertz CT molecular complexity index is 2670. The number of carbonyl (C=O) groups excluding carboxylic acids is 2. The zero-order valence-corrected chi connectivity index (χ0v) is 37.4. The average molecular weight is 1000 g/mol. The Kier molecular flexibility index (Phi) is 16.4. The molecule has 24 nitrogen and oxygen atoms in total. The Balaban J connectivity index is 1.14. The van der Waals surface area contributed by atoms with Gasteiger partial charge in [0.15, 0.2) is 29.9 Å². The van der Waals surface area contributed by atoms with Crippen LogP contribution in [0.3, 0.4) is 0 Å². The van der Waals surface area contributed by atoms with Crippen molar-refractivity contribution in [1.82, 2.24) is 0 Å². The number of carboxylic acid groups (broad SMARTS) is 3. The number of rotatable bonds is 17. The number of esters is 2. The molecule has 7 rings (SSSR count). The number of carbonyl (C=O) groups is 5. The number of ether oxygens (including phenoxy) is 6. The van der Waals surface area contributed by atoms with Crippen LogP contribution in [0.25, 0.3) is 12.2 Å². The standard InChI is InChI=1S/C48H48N2O22/c51-26-7-1-22(2-8-26)5-11-36(54)67-20-34-38(56)40(58)42(60)47(70-34)72-43-41(59)39(57)35(21-68-37(55)12-6-23-3-9-27(52)10-4-23)71-48(43)69-33-19-30-25(18-32(33)53)17-31(46(65)66)50(30)14-13-24-15-28(44(61)62)49-29(16-24)45(63)64/h1-15,18-19,29,31,34-35,38-43,47-48,51-53,56-60H,16-17,20-21H2,(H,61,62)(H,63,64)(H,65,66)/b11-5+,12-6+,14-13+/t29-,31-,34+,35+,38+,39+,40-,41-,42+,43+,47-,48+/m0/s1. The second-order valence-corrected chi connectivity index (χ2v) is 16.7. The quantitative estimate of drug-likeness (QED) is 0.0625. The summed E-state index contributed by atoms with van der Waals surface area (Å²) in [5, 5.41) is 115. The number of aliphatic hydroxyl groups excluding tert-OH is 5. The molecule has 11 N–H and O–H groups in total. The molecular weight excluding hydrogens is 957 g/mol. The Labute approximate surface area is 407 Å². The number of aliphatic imine (C=N–C) groups is 1. The van der Waals surface area contributed by atoms with Crippen LogP contribution in [-0.2, 0) is 54.1 Å². The van der Waals surface area contributed by atoms with E-state index in [1.54, 1.807) is 0 Å². The average Bonchev–Trinajstić information content (AvgIpc) is 3.71. The van der Waals surface area contributed by atoms with Crippen LogP contribution >= 0.6 is 0 Å². The molecule has 0 spiro atoms. The number of carboxylic acids is 3. The van der Waals surface area contributed by atoms with Crippen LogP contribution in [0.15, 0.2) is 102 Å². The number of nitrogens with zero attached hydrogens (tertiary/aromatic N) is 2. The highest BCUT2D eigenvalue weighted by Gasteiger charge is 2.52. The number of phenols is 3. The van der Waals surface area contributed by atoms with Crippen molar-refractivity contribution >= 4 is 53.4 Å². The molecule has 4 aliphatic rings. The van der Waals surface area contributed by atoms with Crippen LogP contribution in [0.5, 0.6) is 23.0 Å². The summed E-state index contributed by atoms with van der Waals surface area (Å²) < 4.78 is 34.2. The molecular formula is C48H48N2O22. The van der Waals surface area contributed by atoms with Crippen LogP contribution in [0.4, 0.5) is 5.69 Å². The van der Waals surface area contributed by atoms with Gasteiger partial charge in [-0.3, -0.25) is 4.99 Å². The molecule has 3 aromatic rings. The molecule has 382 valence electrons. The third kappa shape index (κ3) is 12.4. The molecule has 0 aromatic heterocycles. The summed E-state index contributed by atoms with van der Waals surface area (Å²) in [7, 11) is 0. The first kappa shape index (κ1) is 52.2. The van der Waals surface area contributed by atoms with Crippen molar-refractivity contribution in [1.29, 1.82) is 0 Å². The zero-order valence-electron chi connectivity index (χ0n) is 37.4. The number of anilines is 1. The second kappa shape index (κ2) is 22.6. The van der Waals surface area contributed by atoms with E-state index in [0.717, 1.165) is 24.3 Å². The molecule has 4 aliphatic heterocycles. The van der Waals surface area contributed by atoms with Gasteiger partial charge in [-0.15, -0.1) is 0 Å². The molecule has 0 amide bonds. The Hall–Kier alpha value is -7.68. The Morgan fingerprint density at radius 1 is 0.667 bits per heavy atom. The van der Waals surface area contributed by atoms with Crippen molar-refractivity contribution in [2.45, 2.75) is 86.3 Å². The lowest BCUT2D eigenvalue weighted by molar-refractivity contribution is -0.358. The van der Waals surface area contributed by atoms with Crippen LogP contribution < -0.4 is 9.64 Å². The molecule has 2 saturated heterocycles. The number of hydrogen-bond donors (Lipinski definition) is 11. The molecule has 0 unspecified atom stereocenters. The van der Waals surface area contributed by atoms with E-state index in [2.05, 4.69) is 4.99 Å². The maximum atomic E-state index is 12.8. The molecule has 0 aliphatic carbocycles. The molecule has 72 heavy (non-hydrogen) atoms. The van der Waals surface area contributed by atoms with Gasteiger partial charge in [0.25, 0.3) is 0 Å². The molecule has 24 heteroatoms. The first-order chi connectivity index (χ1) is 34.3. The van der Waals surface area contributed by atoms with Gasteiger partial charge in [-0.25, -0.2) is 24.0 Å². The second-order valence-electron chi connectivity index (χ2n) is 16.7. The number of aromatic hydroxyl groups is 3. The predicted molar refractivity (Wildman–Crippen MR) is 243 cm³/mol. The van der Waals surface area contributed by atoms with Gasteiger partial charge in [-0.2, -0.15) is 0 Å². The molecule has 0 radical (unpaired) electrons. The van der Waals surface area contributed by atoms with Gasteiger partial charge in [-0.05, 0) is 76.9 Å². The predicted octanol–water partition coefficient (Wildman–Crippen LogP) is -0.0268. The number of aliphatic carboxylic acids is 3. The summed E-state index contributed by atoms with van der Waals surface area (Å²) in [6.07, 6.45) is -11.2. The zero-order chi connectivity index (χ0) is 52.0. The lowest BCUT2D eigenvalue weighted by atomic mass is 9.97. The van der Waals surface area contributed by atoms with Crippen LogP contribution in [0.2, 0.25) is 0 Å². The van der Waals surface area contributed by atoms with Crippen molar-refractivity contribution in [3.05, 3.63) is 113 Å². The molecule has 0 saturated carbocycles. The van der Waals surface area contributed by atoms with E-state index in [-0.39, 0.29) is 41.2 Å². The number of allylic oxidation sites excluding steroid dienone is 1. The van der Waals surface area contributed by atoms with Gasteiger partial charge in [0.1, 0.15) is 79.2 Å². The number of hydrogen-bond acceptors (Lipinski definition) is 21. The van der Waals surface area contributed by atoms with Gasteiger partial charge in [0.2, 0.25) is 6.29 Å². The van der Waals surface area contributed by atoms with Gasteiger partial charge in [0.05, 0.1) is 0 Å². The topological polar surface area (TPSA) is 379 Å². The number of fused-ring (bicyclic) bond motifs is 1. The van der Waals surface area contributed by atoms with E-state index < -0.39 is 134 Å². The fraction of sp³-hybridized carbons (Fsp3) is 0.333. The van der Waals surface area contributed by atoms with Crippen molar-refractivity contribution in [3.8, 4) is 23.0 Å². The fourth-order valence-corrected chi connectivity index (χ4v) is 7.88. The number of benzene rings is 3. The third-order valence-corrected chi connectivity index (χ3v) is 11.7. The van der Waals surface area contributed by atoms with Gasteiger partial charge < -0.3 is 89.5 Å². The van der Waals surface area contributed by atoms with Gasteiger partial charge in [-0.1, -0.05) is 24.3 Å². The normalized spacial score (nSPS) is 28.3. The van der Waals surface area contributed by atoms with Gasteiger partial charge >= 0.3 is 29.8 Å². The van der Waals surface area contributed by atoms with Crippen molar-refractivity contribution in [2.24, 2.45) is 4.99 Å². The van der Waals surface area contributed by atoms with E-state index >= 15 is 0 Å². The summed E-state index contributed by atoms with van der Waals surface area (Å²) >= 11 is 0. The van der Waals surface area contributed by atoms with Crippen LogP contribution in [-0.4, -0.2) is 178 Å². The van der Waals surface area contributed by atoms with Crippen molar-refractivity contribution in [3.63, 3.8) is 0 Å². The maximum Gasteiger partial charge on any atom is 0.354 e. The van der Waals surface area contributed by atoms with E-state index in [0.29, 0.717) is 11.1 Å². The minimum absolute atomic E-state index is 0.00809. The lowest BCUT2D eigenvalue weighted by Crippen LogP contribution is -2.65. The highest BCUT2D eigenvalue weighted by molar-refractivity contribution is 6.41. The maximum absolute atomic E-state index is 12.8. The Morgan fingerprint density at radius 2 is 1.22 bits per heavy atom. The number of aliphatic hydroxyl groups is 5. The summed E-state index contributed by atoms with van der Waals surface area (Å²) in [6, 6.07) is 11.1. The van der Waals surface area contributed by atoms with Crippen molar-refractivity contribution in [2.75, 3.05) is 18.1 Å². The smallest absolute Gasteiger partial charge is 0.354 e. The molecule has 12 atom stereocenters. The van der Waals surface area contributed by atoms with E-state index in [9.17, 15) is 80.1 Å². The molecule has 2 fully saturated rings. The summed E-state index contributed by atoms with van der Waals surface area (Å²) in [6.45, 7) is -1.46. The fourth-order valence-electron chi connectivity index (χ4n) is 7.88. The molecule has 4 heterocycles. The summed E-state index contributed by atoms with van der Waals surface area (Å²) in [5.41, 5.74) is 1.01. The van der Waals surface area contributed by atoms with Gasteiger partial charge in [0, 0.05) is 42.9 Å². The van der Waals surface area contributed by atoms with E-state index in [1.807, 2.05) is 0 Å². The monoisotopic (exact) mass is 1000 g/mol. The first-order valence-electron chi connectivity index (χ1n) is 21.9. The lowest BCUT2D eigenvalue weighted by Gasteiger charge is -2.46. The minimum Gasteiger partial charge on any atom is -0.508 e. The molecule has 0 bridgehead atoms. The third-order valence-electron chi connectivity index (χ3n) is 11.7. The van der Waals surface area contributed by atoms with Crippen LogP contribution in [0.1, 0.15) is 23.1 Å². The Morgan fingerprint density at radius 3 is 1.76 bits per heavy atom. The highest BCUT2D eigenvalue weighted by Crippen LogP contribution is 2.42. The van der Waals surface area contributed by atoms with Crippen molar-refractivity contribution < 1.29 is 109 Å². The largest absolute Gasteiger partial charge is 0.508 e. The number of phenolic OH excluding ortho intramolecular Hbond substituents is 3.